The van der Waals surface area contributed by atoms with Gasteiger partial charge in [0.1, 0.15) is 28.9 Å². The van der Waals surface area contributed by atoms with E-state index in [2.05, 4.69) is 66.1 Å². The molecule has 1 saturated heterocycles. The van der Waals surface area contributed by atoms with E-state index >= 15 is 0 Å². The zero-order valence-corrected chi connectivity index (χ0v) is 24.0. The molecule has 0 amide bonds. The zero-order chi connectivity index (χ0) is 29.9. The number of aromatic nitrogens is 6. The van der Waals surface area contributed by atoms with Crippen LogP contribution in [0.3, 0.4) is 0 Å². The van der Waals surface area contributed by atoms with Crippen LogP contribution in [0.5, 0.6) is 0 Å². The summed E-state index contributed by atoms with van der Waals surface area (Å²) < 4.78 is 2.06. The highest BCUT2D eigenvalue weighted by Crippen LogP contribution is 2.34. The Morgan fingerprint density at radius 2 is 1.66 bits per heavy atom. The SMILES string of the molecule is N#Cc1nccc(NC2CCN(Cc3ccc(-c4nc5c(ccn5-c5ccccc5)nc4-c4cccnc4N)cc3)CC2)n1. The Balaban J connectivity index is 1.12. The van der Waals surface area contributed by atoms with E-state index in [0.29, 0.717) is 23.4 Å². The molecule has 0 atom stereocenters. The number of rotatable bonds is 7. The summed E-state index contributed by atoms with van der Waals surface area (Å²) in [6, 6.07) is 28.6. The molecular weight excluding hydrogens is 548 g/mol. The van der Waals surface area contributed by atoms with Crippen LogP contribution in [0.2, 0.25) is 0 Å². The van der Waals surface area contributed by atoms with E-state index in [1.165, 1.54) is 5.56 Å². The van der Waals surface area contributed by atoms with Gasteiger partial charge in [0.15, 0.2) is 5.65 Å². The third-order valence-corrected chi connectivity index (χ3v) is 7.97. The number of piperidine rings is 1. The minimum absolute atomic E-state index is 0.183. The number of pyridine rings is 1. The van der Waals surface area contributed by atoms with Crippen molar-refractivity contribution in [1.29, 1.82) is 5.26 Å². The Labute approximate surface area is 254 Å². The van der Waals surface area contributed by atoms with E-state index < -0.39 is 0 Å². The number of likely N-dealkylation sites (tertiary alicyclic amines) is 1. The second kappa shape index (κ2) is 11.9. The fourth-order valence-electron chi connectivity index (χ4n) is 5.71. The first-order valence-corrected chi connectivity index (χ1v) is 14.6. The molecule has 0 bridgehead atoms. The Kier molecular flexibility index (Phi) is 7.36. The molecule has 6 aromatic rings. The van der Waals surface area contributed by atoms with Crippen LogP contribution >= 0.6 is 0 Å². The summed E-state index contributed by atoms with van der Waals surface area (Å²) in [5.41, 5.74) is 13.3. The summed E-state index contributed by atoms with van der Waals surface area (Å²) in [6.07, 6.45) is 7.29. The molecule has 44 heavy (non-hydrogen) atoms. The lowest BCUT2D eigenvalue weighted by Gasteiger charge is -2.32. The van der Waals surface area contributed by atoms with Gasteiger partial charge in [-0.05, 0) is 54.8 Å². The fourth-order valence-corrected chi connectivity index (χ4v) is 5.71. The van der Waals surface area contributed by atoms with Gasteiger partial charge in [-0.2, -0.15) is 5.26 Å². The zero-order valence-electron chi connectivity index (χ0n) is 24.0. The van der Waals surface area contributed by atoms with Gasteiger partial charge in [0.05, 0.1) is 5.69 Å². The number of hydrogen-bond acceptors (Lipinski definition) is 9. The summed E-state index contributed by atoms with van der Waals surface area (Å²) in [5, 5.41) is 12.5. The molecule has 216 valence electrons. The third-order valence-electron chi connectivity index (χ3n) is 7.97. The van der Waals surface area contributed by atoms with Crippen molar-refractivity contribution in [3.63, 3.8) is 0 Å². The molecule has 1 fully saturated rings. The molecule has 7 rings (SSSR count). The van der Waals surface area contributed by atoms with Gasteiger partial charge in [-0.25, -0.2) is 24.9 Å². The van der Waals surface area contributed by atoms with Crippen molar-refractivity contribution in [1.82, 2.24) is 34.4 Å². The normalized spacial score (nSPS) is 14.0. The highest BCUT2D eigenvalue weighted by Gasteiger charge is 2.21. The molecule has 10 heteroatoms. The van der Waals surface area contributed by atoms with Crippen LogP contribution in [0.15, 0.2) is 97.5 Å². The summed E-state index contributed by atoms with van der Waals surface area (Å²) in [5.74, 6) is 1.31. The van der Waals surface area contributed by atoms with E-state index in [1.54, 1.807) is 12.4 Å². The van der Waals surface area contributed by atoms with Crippen LogP contribution in [0.25, 0.3) is 39.4 Å². The van der Waals surface area contributed by atoms with Crippen molar-refractivity contribution in [3.05, 3.63) is 109 Å². The number of fused-ring (bicyclic) bond motifs is 1. The van der Waals surface area contributed by atoms with E-state index in [1.807, 2.05) is 54.7 Å². The molecule has 0 saturated carbocycles. The van der Waals surface area contributed by atoms with Crippen molar-refractivity contribution in [2.75, 3.05) is 24.1 Å². The molecule has 2 aromatic carbocycles. The van der Waals surface area contributed by atoms with Crippen LogP contribution < -0.4 is 11.1 Å². The first-order valence-electron chi connectivity index (χ1n) is 14.6. The molecule has 10 nitrogen and oxygen atoms in total. The highest BCUT2D eigenvalue weighted by molar-refractivity contribution is 5.88. The molecule has 1 aliphatic rings. The number of nitrogens with two attached hydrogens (primary N) is 1. The monoisotopic (exact) mass is 578 g/mol. The molecule has 0 spiro atoms. The standard InChI is InChI=1S/C34H30N10/c35-21-30-37-17-12-29(41-30)39-25-13-18-43(19-14-25)22-23-8-10-24(11-9-23)31-32(27-7-4-16-38-33(27)36)40-28-15-20-44(34(28)42-31)26-5-2-1-3-6-26/h1-12,15-17,20,25H,13-14,18-19,22H2,(H2,36,38)(H,37,39,41). The van der Waals surface area contributed by atoms with Crippen LogP contribution in [0.4, 0.5) is 11.6 Å². The predicted octanol–water partition coefficient (Wildman–Crippen LogP) is 5.47. The number of nitrogens with zero attached hydrogens (tertiary/aromatic N) is 8. The van der Waals surface area contributed by atoms with E-state index in [-0.39, 0.29) is 5.82 Å². The van der Waals surface area contributed by atoms with Crippen molar-refractivity contribution in [2.45, 2.75) is 25.4 Å². The number of hydrogen-bond donors (Lipinski definition) is 2. The largest absolute Gasteiger partial charge is 0.383 e. The summed E-state index contributed by atoms with van der Waals surface area (Å²) in [7, 11) is 0. The maximum absolute atomic E-state index is 9.06. The Morgan fingerprint density at radius 1 is 0.841 bits per heavy atom. The van der Waals surface area contributed by atoms with E-state index in [9.17, 15) is 0 Å². The van der Waals surface area contributed by atoms with E-state index in [4.69, 9.17) is 21.0 Å². The quantitative estimate of drug-likeness (QED) is 0.253. The van der Waals surface area contributed by atoms with Gasteiger partial charge in [-0.1, -0.05) is 42.5 Å². The molecular formula is C34H30N10. The molecule has 4 aromatic heterocycles. The predicted molar refractivity (Wildman–Crippen MR) is 171 cm³/mol. The third kappa shape index (κ3) is 5.56. The lowest BCUT2D eigenvalue weighted by atomic mass is 10.0. The van der Waals surface area contributed by atoms with Crippen LogP contribution in [-0.4, -0.2) is 53.5 Å². The maximum Gasteiger partial charge on any atom is 0.234 e. The van der Waals surface area contributed by atoms with Gasteiger partial charge in [0.2, 0.25) is 5.82 Å². The number of nitriles is 1. The van der Waals surface area contributed by atoms with Gasteiger partial charge < -0.3 is 11.1 Å². The second-order valence-electron chi connectivity index (χ2n) is 10.9. The van der Waals surface area contributed by atoms with Crippen LogP contribution in [0.1, 0.15) is 24.2 Å². The number of nitrogens with one attached hydrogen (secondary N) is 1. The van der Waals surface area contributed by atoms with Crippen molar-refractivity contribution >= 4 is 22.8 Å². The van der Waals surface area contributed by atoms with Gasteiger partial charge in [0, 0.05) is 61.1 Å². The average molecular weight is 579 g/mol. The number of nitrogen functional groups attached to an aromatic ring is 1. The topological polar surface area (TPSA) is 134 Å². The van der Waals surface area contributed by atoms with Crippen molar-refractivity contribution in [2.24, 2.45) is 0 Å². The highest BCUT2D eigenvalue weighted by atomic mass is 15.1. The number of benzene rings is 2. The van der Waals surface area contributed by atoms with Gasteiger partial charge in [0.25, 0.3) is 0 Å². The molecule has 3 N–H and O–H groups in total. The van der Waals surface area contributed by atoms with Gasteiger partial charge in [-0.15, -0.1) is 0 Å². The molecule has 0 aliphatic carbocycles. The Hall–Kier alpha value is -5.66. The first-order chi connectivity index (χ1) is 21.6. The Morgan fingerprint density at radius 3 is 2.43 bits per heavy atom. The van der Waals surface area contributed by atoms with Crippen LogP contribution in [0, 0.1) is 11.3 Å². The second-order valence-corrected chi connectivity index (χ2v) is 10.9. The minimum Gasteiger partial charge on any atom is -0.383 e. The minimum atomic E-state index is 0.183. The lowest BCUT2D eigenvalue weighted by Crippen LogP contribution is -2.38. The molecule has 1 aliphatic heterocycles. The van der Waals surface area contributed by atoms with Crippen molar-refractivity contribution < 1.29 is 0 Å². The average Bonchev–Trinajstić information content (AvgIpc) is 3.49. The fraction of sp³-hybridized carbons (Fsp3) is 0.176. The van der Waals surface area contributed by atoms with Crippen LogP contribution in [-0.2, 0) is 6.54 Å². The molecule has 0 radical (unpaired) electrons. The molecule has 5 heterocycles. The van der Waals surface area contributed by atoms with Gasteiger partial charge in [-0.3, -0.25) is 9.47 Å². The molecule has 0 unspecified atom stereocenters. The lowest BCUT2D eigenvalue weighted by molar-refractivity contribution is 0.211. The number of para-hydroxylation sites is 1. The summed E-state index contributed by atoms with van der Waals surface area (Å²) in [4.78, 5) is 25.2. The Bertz CT molecular complexity index is 1950. The van der Waals surface area contributed by atoms with E-state index in [0.717, 1.165) is 66.1 Å². The first kappa shape index (κ1) is 27.2. The number of anilines is 2. The maximum atomic E-state index is 9.06. The smallest absolute Gasteiger partial charge is 0.234 e. The van der Waals surface area contributed by atoms with Crippen molar-refractivity contribution in [3.8, 4) is 34.3 Å². The van der Waals surface area contributed by atoms with Gasteiger partial charge >= 0.3 is 0 Å². The summed E-state index contributed by atoms with van der Waals surface area (Å²) in [6.45, 7) is 2.81. The summed E-state index contributed by atoms with van der Waals surface area (Å²) >= 11 is 0.